The summed E-state index contributed by atoms with van der Waals surface area (Å²) in [6.07, 6.45) is 5.19. The van der Waals surface area contributed by atoms with Gasteiger partial charge in [-0.3, -0.25) is 0 Å². The van der Waals surface area contributed by atoms with Crippen molar-refractivity contribution in [2.24, 2.45) is 0 Å². The Kier molecular flexibility index (Phi) is 3.46. The normalized spacial score (nSPS) is 22.9. The molecule has 3 rings (SSSR count). The van der Waals surface area contributed by atoms with Crippen molar-refractivity contribution in [2.45, 2.75) is 30.9 Å². The second-order valence-corrected chi connectivity index (χ2v) is 6.17. The molecule has 1 aromatic rings. The molecule has 0 bridgehead atoms. The summed E-state index contributed by atoms with van der Waals surface area (Å²) in [5.41, 5.74) is 2.63. The maximum atomic E-state index is 6.00. The lowest BCUT2D eigenvalue weighted by Gasteiger charge is -2.22. The molecule has 1 saturated heterocycles. The Morgan fingerprint density at radius 1 is 1.35 bits per heavy atom. The fourth-order valence-electron chi connectivity index (χ4n) is 2.55. The summed E-state index contributed by atoms with van der Waals surface area (Å²) in [4.78, 5) is 0. The number of nitrogens with one attached hydrogen (secondary N) is 1. The van der Waals surface area contributed by atoms with E-state index in [0.29, 0.717) is 5.25 Å². The van der Waals surface area contributed by atoms with Crippen molar-refractivity contribution in [3.63, 3.8) is 0 Å². The lowest BCUT2D eigenvalue weighted by Crippen LogP contribution is -2.18. The molecule has 92 valence electrons. The summed E-state index contributed by atoms with van der Waals surface area (Å²) < 4.78 is 6.00. The third-order valence-electron chi connectivity index (χ3n) is 3.51. The average molecular weight is 249 g/mol. The van der Waals surface area contributed by atoms with Crippen LogP contribution in [0, 0.1) is 0 Å². The van der Waals surface area contributed by atoms with E-state index in [9.17, 15) is 0 Å². The summed E-state index contributed by atoms with van der Waals surface area (Å²) in [6.45, 7) is 1.91. The Balaban J connectivity index is 1.63. The SMILES string of the molecule is c1cc2c(c(OCC3CCCCS3)c1)NCC2. The van der Waals surface area contributed by atoms with Crippen molar-refractivity contribution in [2.75, 3.05) is 24.2 Å². The average Bonchev–Trinajstić information content (AvgIpc) is 2.86. The molecule has 0 aromatic heterocycles. The highest BCUT2D eigenvalue weighted by Gasteiger charge is 2.18. The summed E-state index contributed by atoms with van der Waals surface area (Å²) in [5, 5.41) is 4.12. The first-order valence-electron chi connectivity index (χ1n) is 6.53. The van der Waals surface area contributed by atoms with Crippen molar-refractivity contribution >= 4 is 17.4 Å². The highest BCUT2D eigenvalue weighted by molar-refractivity contribution is 7.99. The minimum atomic E-state index is 0.695. The van der Waals surface area contributed by atoms with E-state index >= 15 is 0 Å². The van der Waals surface area contributed by atoms with Gasteiger partial charge in [0.1, 0.15) is 12.4 Å². The highest BCUT2D eigenvalue weighted by atomic mass is 32.2. The minimum Gasteiger partial charge on any atom is -0.490 e. The van der Waals surface area contributed by atoms with Gasteiger partial charge in [-0.15, -0.1) is 0 Å². The van der Waals surface area contributed by atoms with E-state index in [-0.39, 0.29) is 0 Å². The molecule has 2 nitrogen and oxygen atoms in total. The molecule has 0 amide bonds. The van der Waals surface area contributed by atoms with Crippen LogP contribution >= 0.6 is 11.8 Å². The molecule has 0 spiro atoms. The summed E-state index contributed by atoms with van der Waals surface area (Å²) in [7, 11) is 0. The van der Waals surface area contributed by atoms with Crippen LogP contribution in [0.25, 0.3) is 0 Å². The molecule has 0 aliphatic carbocycles. The van der Waals surface area contributed by atoms with Crippen molar-refractivity contribution < 1.29 is 4.74 Å². The predicted octanol–water partition coefficient (Wildman–Crippen LogP) is 3.32. The molecular formula is C14H19NOS. The van der Waals surface area contributed by atoms with Crippen molar-refractivity contribution in [1.29, 1.82) is 0 Å². The van der Waals surface area contributed by atoms with Crippen LogP contribution < -0.4 is 10.1 Å². The zero-order valence-electron chi connectivity index (χ0n) is 10.1. The van der Waals surface area contributed by atoms with Crippen LogP contribution in [0.4, 0.5) is 5.69 Å². The van der Waals surface area contributed by atoms with Crippen LogP contribution in [-0.2, 0) is 6.42 Å². The molecule has 3 heteroatoms. The molecular weight excluding hydrogens is 230 g/mol. The Morgan fingerprint density at radius 2 is 2.35 bits per heavy atom. The van der Waals surface area contributed by atoms with Gasteiger partial charge in [-0.2, -0.15) is 11.8 Å². The highest BCUT2D eigenvalue weighted by Crippen LogP contribution is 2.33. The maximum absolute atomic E-state index is 6.00. The van der Waals surface area contributed by atoms with Gasteiger partial charge in [0.2, 0.25) is 0 Å². The number of anilines is 1. The Bertz CT molecular complexity index is 388. The van der Waals surface area contributed by atoms with E-state index in [2.05, 4.69) is 35.3 Å². The van der Waals surface area contributed by atoms with Crippen LogP contribution in [0.5, 0.6) is 5.75 Å². The Hall–Kier alpha value is -0.830. The van der Waals surface area contributed by atoms with Crippen LogP contribution in [0.1, 0.15) is 24.8 Å². The molecule has 1 atom stereocenters. The molecule has 0 saturated carbocycles. The topological polar surface area (TPSA) is 21.3 Å². The monoisotopic (exact) mass is 249 g/mol. The van der Waals surface area contributed by atoms with Gasteiger partial charge < -0.3 is 10.1 Å². The first-order valence-corrected chi connectivity index (χ1v) is 7.58. The lowest BCUT2D eigenvalue weighted by molar-refractivity contribution is 0.310. The van der Waals surface area contributed by atoms with Crippen molar-refractivity contribution in [3.8, 4) is 5.75 Å². The first-order chi connectivity index (χ1) is 8.43. The maximum Gasteiger partial charge on any atom is 0.142 e. The van der Waals surface area contributed by atoms with Crippen LogP contribution in [-0.4, -0.2) is 24.2 Å². The Labute approximate surface area is 107 Å². The summed E-state index contributed by atoms with van der Waals surface area (Å²) >= 11 is 2.07. The second-order valence-electron chi connectivity index (χ2n) is 4.77. The number of thioether (sulfide) groups is 1. The molecule has 1 N–H and O–H groups in total. The first kappa shape index (κ1) is 11.3. The standard InChI is InChI=1S/C14H19NOS/c1-2-9-17-12(5-1)10-16-13-6-3-4-11-7-8-15-14(11)13/h3-4,6,12,15H,1-2,5,7-10H2. The van der Waals surface area contributed by atoms with E-state index in [0.717, 1.165) is 25.3 Å². The number of ether oxygens (including phenoxy) is 1. The van der Waals surface area contributed by atoms with E-state index in [1.807, 2.05) is 0 Å². The molecule has 2 aliphatic rings. The second kappa shape index (κ2) is 5.21. The fourth-order valence-corrected chi connectivity index (χ4v) is 3.75. The molecule has 17 heavy (non-hydrogen) atoms. The van der Waals surface area contributed by atoms with Crippen molar-refractivity contribution in [1.82, 2.24) is 0 Å². The van der Waals surface area contributed by atoms with Gasteiger partial charge >= 0.3 is 0 Å². The van der Waals surface area contributed by atoms with Gasteiger partial charge in [0.05, 0.1) is 5.69 Å². The number of rotatable bonds is 3. The molecule has 2 aliphatic heterocycles. The quantitative estimate of drug-likeness (QED) is 0.888. The third-order valence-corrected chi connectivity index (χ3v) is 4.87. The van der Waals surface area contributed by atoms with Gasteiger partial charge in [-0.05, 0) is 36.6 Å². The van der Waals surface area contributed by atoms with E-state index in [1.54, 1.807) is 0 Å². The minimum absolute atomic E-state index is 0.695. The van der Waals surface area contributed by atoms with Crippen LogP contribution in [0.2, 0.25) is 0 Å². The number of hydrogen-bond acceptors (Lipinski definition) is 3. The van der Waals surface area contributed by atoms with Gasteiger partial charge in [0.25, 0.3) is 0 Å². The summed E-state index contributed by atoms with van der Waals surface area (Å²) in [6, 6.07) is 6.39. The van der Waals surface area contributed by atoms with Crippen molar-refractivity contribution in [3.05, 3.63) is 23.8 Å². The fraction of sp³-hybridized carbons (Fsp3) is 0.571. The molecule has 1 unspecified atom stereocenters. The molecule has 1 aromatic carbocycles. The van der Waals surface area contributed by atoms with Crippen LogP contribution in [0.15, 0.2) is 18.2 Å². The zero-order chi connectivity index (χ0) is 11.5. The van der Waals surface area contributed by atoms with Gasteiger partial charge in [0, 0.05) is 11.8 Å². The Morgan fingerprint density at radius 3 is 3.24 bits per heavy atom. The molecule has 2 heterocycles. The lowest BCUT2D eigenvalue weighted by atomic mass is 10.1. The number of benzene rings is 1. The number of para-hydroxylation sites is 1. The molecule has 0 radical (unpaired) electrons. The number of hydrogen-bond donors (Lipinski definition) is 1. The van der Waals surface area contributed by atoms with Gasteiger partial charge in [0.15, 0.2) is 0 Å². The van der Waals surface area contributed by atoms with E-state index in [4.69, 9.17) is 4.74 Å². The predicted molar refractivity (Wildman–Crippen MR) is 74.2 cm³/mol. The zero-order valence-corrected chi connectivity index (χ0v) is 10.9. The summed E-state index contributed by atoms with van der Waals surface area (Å²) in [5.74, 6) is 2.35. The van der Waals surface area contributed by atoms with Crippen LogP contribution in [0.3, 0.4) is 0 Å². The van der Waals surface area contributed by atoms with E-state index < -0.39 is 0 Å². The van der Waals surface area contributed by atoms with Gasteiger partial charge in [-0.1, -0.05) is 18.6 Å². The number of fused-ring (bicyclic) bond motifs is 1. The molecule has 1 fully saturated rings. The smallest absolute Gasteiger partial charge is 0.142 e. The van der Waals surface area contributed by atoms with E-state index in [1.165, 1.54) is 36.3 Å². The third kappa shape index (κ3) is 2.54. The largest absolute Gasteiger partial charge is 0.490 e. The van der Waals surface area contributed by atoms with Gasteiger partial charge in [-0.25, -0.2) is 0 Å².